The van der Waals surface area contributed by atoms with Crippen LogP contribution in [-0.2, 0) is 0 Å². The van der Waals surface area contributed by atoms with E-state index >= 15 is 0 Å². The lowest BCUT2D eigenvalue weighted by molar-refractivity contribution is 0.0988. The maximum absolute atomic E-state index is 9.11. The first-order valence-corrected chi connectivity index (χ1v) is 4.96. The van der Waals surface area contributed by atoms with Crippen molar-refractivity contribution in [2.75, 3.05) is 26.7 Å². The number of hydrogen-bond donors (Lipinski definition) is 1. The van der Waals surface area contributed by atoms with Crippen LogP contribution >= 0.6 is 0 Å². The second kappa shape index (κ2) is 4.43. The fraction of sp³-hybridized carbons (Fsp3) is 1.00. The van der Waals surface area contributed by atoms with Crippen molar-refractivity contribution in [1.29, 1.82) is 0 Å². The highest BCUT2D eigenvalue weighted by Crippen LogP contribution is 2.19. The molecular weight excluding hydrogens is 162 g/mol. The van der Waals surface area contributed by atoms with Gasteiger partial charge in [-0.25, -0.2) is 0 Å². The highest BCUT2D eigenvalue weighted by molar-refractivity contribution is 4.74. The van der Waals surface area contributed by atoms with E-state index in [0.29, 0.717) is 5.41 Å². The maximum Gasteiger partial charge on any atom is 0.0494 e. The Hall–Kier alpha value is -0.0800. The van der Waals surface area contributed by atoms with Crippen LogP contribution in [-0.4, -0.2) is 36.8 Å². The molecule has 0 aromatic heterocycles. The van der Waals surface area contributed by atoms with Crippen molar-refractivity contribution >= 4 is 0 Å². The molecule has 1 N–H and O–H groups in total. The molecule has 0 radical (unpaired) electrons. The summed E-state index contributed by atoms with van der Waals surface area (Å²) in [6, 6.07) is 0. The molecule has 0 saturated heterocycles. The Bertz CT molecular complexity index is 147. The molecule has 2 nitrogen and oxygen atoms in total. The van der Waals surface area contributed by atoms with Crippen molar-refractivity contribution in [3.63, 3.8) is 0 Å². The summed E-state index contributed by atoms with van der Waals surface area (Å²) in [6.07, 6.45) is 0. The summed E-state index contributed by atoms with van der Waals surface area (Å²) >= 11 is 0. The average Bonchev–Trinajstić information content (AvgIpc) is 1.81. The van der Waals surface area contributed by atoms with E-state index in [1.807, 2.05) is 0 Å². The van der Waals surface area contributed by atoms with E-state index in [4.69, 9.17) is 5.11 Å². The van der Waals surface area contributed by atoms with Crippen LogP contribution in [0.4, 0.5) is 0 Å². The topological polar surface area (TPSA) is 23.5 Å². The Labute approximate surface area is 82.9 Å². The fourth-order valence-corrected chi connectivity index (χ4v) is 1.65. The van der Waals surface area contributed by atoms with Crippen molar-refractivity contribution in [3.8, 4) is 0 Å². The summed E-state index contributed by atoms with van der Waals surface area (Å²) in [5.74, 6) is 0. The highest BCUT2D eigenvalue weighted by atomic mass is 16.3. The van der Waals surface area contributed by atoms with Crippen LogP contribution in [0.2, 0.25) is 0 Å². The minimum absolute atomic E-state index is 0.0139. The fourth-order valence-electron chi connectivity index (χ4n) is 1.65. The summed E-state index contributed by atoms with van der Waals surface area (Å²) in [5.41, 5.74) is 0.348. The number of nitrogens with zero attached hydrogens (tertiary/aromatic N) is 1. The molecule has 0 rings (SSSR count). The van der Waals surface area contributed by atoms with Crippen LogP contribution in [0.1, 0.15) is 34.6 Å². The van der Waals surface area contributed by atoms with Gasteiger partial charge in [0.1, 0.15) is 0 Å². The molecule has 0 saturated carbocycles. The number of hydrogen-bond acceptors (Lipinski definition) is 2. The van der Waals surface area contributed by atoms with Crippen LogP contribution in [0.3, 0.4) is 0 Å². The first-order chi connectivity index (χ1) is 5.66. The van der Waals surface area contributed by atoms with Gasteiger partial charge in [0, 0.05) is 25.1 Å². The van der Waals surface area contributed by atoms with Gasteiger partial charge < -0.3 is 10.0 Å². The van der Waals surface area contributed by atoms with Gasteiger partial charge in [-0.1, -0.05) is 34.6 Å². The minimum Gasteiger partial charge on any atom is -0.396 e. The SMILES string of the molecule is CN(CC(C)(C)C)CC(C)(C)CO. The molecule has 0 fully saturated rings. The van der Waals surface area contributed by atoms with Crippen LogP contribution in [0, 0.1) is 10.8 Å². The second-order valence-corrected chi connectivity index (χ2v) is 6.06. The molecule has 0 aromatic rings. The minimum atomic E-state index is 0.0139. The Balaban J connectivity index is 3.94. The monoisotopic (exact) mass is 187 g/mol. The molecule has 2 heteroatoms. The van der Waals surface area contributed by atoms with Crippen molar-refractivity contribution < 1.29 is 5.11 Å². The summed E-state index contributed by atoms with van der Waals surface area (Å²) in [5, 5.41) is 9.11. The first kappa shape index (κ1) is 12.9. The van der Waals surface area contributed by atoms with E-state index in [1.54, 1.807) is 0 Å². The predicted molar refractivity (Wildman–Crippen MR) is 57.8 cm³/mol. The van der Waals surface area contributed by atoms with E-state index in [0.717, 1.165) is 13.1 Å². The summed E-state index contributed by atoms with van der Waals surface area (Å²) in [7, 11) is 2.11. The maximum atomic E-state index is 9.11. The third-order valence-corrected chi connectivity index (χ3v) is 1.87. The molecule has 0 aliphatic heterocycles. The van der Waals surface area contributed by atoms with Crippen molar-refractivity contribution in [3.05, 3.63) is 0 Å². The summed E-state index contributed by atoms with van der Waals surface area (Å²) < 4.78 is 0. The zero-order valence-electron chi connectivity index (χ0n) is 10.0. The van der Waals surface area contributed by atoms with E-state index < -0.39 is 0 Å². The van der Waals surface area contributed by atoms with Gasteiger partial charge in [0.05, 0.1) is 0 Å². The van der Waals surface area contributed by atoms with E-state index in [9.17, 15) is 0 Å². The average molecular weight is 187 g/mol. The number of aliphatic hydroxyl groups excluding tert-OH is 1. The van der Waals surface area contributed by atoms with Crippen molar-refractivity contribution in [2.45, 2.75) is 34.6 Å². The molecule has 0 bridgehead atoms. The molecule has 0 heterocycles. The lowest BCUT2D eigenvalue weighted by Gasteiger charge is -2.32. The van der Waals surface area contributed by atoms with Crippen LogP contribution in [0.5, 0.6) is 0 Å². The van der Waals surface area contributed by atoms with Gasteiger partial charge in [0.25, 0.3) is 0 Å². The predicted octanol–water partition coefficient (Wildman–Crippen LogP) is 1.98. The normalized spacial score (nSPS) is 13.8. The van der Waals surface area contributed by atoms with Gasteiger partial charge in [-0.05, 0) is 12.5 Å². The van der Waals surface area contributed by atoms with E-state index in [1.165, 1.54) is 0 Å². The molecule has 0 amide bonds. The molecule has 0 aromatic carbocycles. The smallest absolute Gasteiger partial charge is 0.0494 e. The second-order valence-electron chi connectivity index (χ2n) is 6.06. The largest absolute Gasteiger partial charge is 0.396 e. The van der Waals surface area contributed by atoms with Gasteiger partial charge in [-0.15, -0.1) is 0 Å². The van der Waals surface area contributed by atoms with Crippen LogP contribution < -0.4 is 0 Å². The zero-order valence-corrected chi connectivity index (χ0v) is 10.0. The molecule has 0 aliphatic carbocycles. The van der Waals surface area contributed by atoms with Gasteiger partial charge >= 0.3 is 0 Å². The Morgan fingerprint density at radius 3 is 1.77 bits per heavy atom. The molecule has 0 atom stereocenters. The lowest BCUT2D eigenvalue weighted by Crippen LogP contribution is -2.38. The molecule has 0 spiro atoms. The Morgan fingerprint density at radius 1 is 1.00 bits per heavy atom. The van der Waals surface area contributed by atoms with E-state index in [2.05, 4.69) is 46.6 Å². The molecular formula is C11H25NO. The molecule has 13 heavy (non-hydrogen) atoms. The lowest BCUT2D eigenvalue weighted by atomic mass is 9.91. The quantitative estimate of drug-likeness (QED) is 0.727. The third-order valence-electron chi connectivity index (χ3n) is 1.87. The molecule has 80 valence electrons. The Morgan fingerprint density at radius 2 is 1.46 bits per heavy atom. The van der Waals surface area contributed by atoms with Crippen molar-refractivity contribution in [1.82, 2.24) is 4.90 Å². The number of rotatable bonds is 4. The van der Waals surface area contributed by atoms with Crippen LogP contribution in [0.15, 0.2) is 0 Å². The van der Waals surface area contributed by atoms with Crippen LogP contribution in [0.25, 0.3) is 0 Å². The standard InChI is InChI=1S/C11H25NO/c1-10(2,3)7-12(6)8-11(4,5)9-13/h13H,7-9H2,1-6H3. The van der Waals surface area contributed by atoms with Crippen molar-refractivity contribution in [2.24, 2.45) is 10.8 Å². The summed E-state index contributed by atoms with van der Waals surface area (Å²) in [4.78, 5) is 2.29. The third kappa shape index (κ3) is 7.03. The van der Waals surface area contributed by atoms with Gasteiger partial charge in [0.2, 0.25) is 0 Å². The first-order valence-electron chi connectivity index (χ1n) is 4.96. The van der Waals surface area contributed by atoms with Gasteiger partial charge in [0.15, 0.2) is 0 Å². The van der Waals surface area contributed by atoms with Gasteiger partial charge in [-0.3, -0.25) is 0 Å². The molecule has 0 unspecified atom stereocenters. The van der Waals surface area contributed by atoms with Gasteiger partial charge in [-0.2, -0.15) is 0 Å². The zero-order chi connectivity index (χ0) is 10.7. The Kier molecular flexibility index (Phi) is 4.40. The summed E-state index contributed by atoms with van der Waals surface area (Å²) in [6.45, 7) is 13.1. The highest BCUT2D eigenvalue weighted by Gasteiger charge is 2.21. The number of aliphatic hydroxyl groups is 1. The molecule has 0 aliphatic rings. The van der Waals surface area contributed by atoms with E-state index in [-0.39, 0.29) is 12.0 Å².